The third-order valence-electron chi connectivity index (χ3n) is 4.34. The second-order valence-electron chi connectivity index (χ2n) is 6.52. The molecule has 3 aromatic rings. The Balaban J connectivity index is 1.40. The van der Waals surface area contributed by atoms with Gasteiger partial charge in [-0.05, 0) is 42.8 Å². The molecule has 0 unspecified atom stereocenters. The molecule has 1 amide bonds. The molecule has 144 valence electrons. The van der Waals surface area contributed by atoms with Crippen LogP contribution in [0.3, 0.4) is 0 Å². The predicted octanol–water partition coefficient (Wildman–Crippen LogP) is 4.03. The second-order valence-corrected chi connectivity index (χ2v) is 7.59. The number of aromatic nitrogens is 1. The first kappa shape index (κ1) is 18.3. The van der Waals surface area contributed by atoms with E-state index in [2.05, 4.69) is 4.98 Å². The summed E-state index contributed by atoms with van der Waals surface area (Å²) in [7, 11) is 1.78. The van der Waals surface area contributed by atoms with Crippen LogP contribution in [0.15, 0.2) is 47.8 Å². The number of nitrogens with zero attached hydrogens (tertiary/aromatic N) is 2. The highest BCUT2D eigenvalue weighted by molar-refractivity contribution is 7.09. The molecule has 2 aromatic carbocycles. The SMILES string of the molecule is Cc1nc(COc2cccc(C(=O)N(C)Cc3ccc4c(c3)OCO4)c2)cs1. The molecular formula is C21H20N2O4S. The normalized spacial score (nSPS) is 12.1. The first-order valence-electron chi connectivity index (χ1n) is 8.86. The Kier molecular flexibility index (Phi) is 5.16. The Labute approximate surface area is 167 Å². The number of ether oxygens (including phenoxy) is 3. The fourth-order valence-corrected chi connectivity index (χ4v) is 3.55. The Morgan fingerprint density at radius 1 is 1.21 bits per heavy atom. The third-order valence-corrected chi connectivity index (χ3v) is 5.16. The van der Waals surface area contributed by atoms with Gasteiger partial charge in [-0.15, -0.1) is 11.3 Å². The molecule has 0 atom stereocenters. The van der Waals surface area contributed by atoms with Crippen LogP contribution < -0.4 is 14.2 Å². The summed E-state index contributed by atoms with van der Waals surface area (Å²) in [6.45, 7) is 3.05. The van der Waals surface area contributed by atoms with Crippen LogP contribution in [-0.2, 0) is 13.2 Å². The number of benzene rings is 2. The number of aryl methyl sites for hydroxylation is 1. The van der Waals surface area contributed by atoms with Gasteiger partial charge in [0.25, 0.3) is 5.91 Å². The van der Waals surface area contributed by atoms with Crippen molar-refractivity contribution in [2.24, 2.45) is 0 Å². The van der Waals surface area contributed by atoms with E-state index < -0.39 is 0 Å². The van der Waals surface area contributed by atoms with E-state index in [0.717, 1.165) is 22.0 Å². The largest absolute Gasteiger partial charge is 0.487 e. The van der Waals surface area contributed by atoms with Gasteiger partial charge >= 0.3 is 0 Å². The van der Waals surface area contributed by atoms with Crippen molar-refractivity contribution in [3.05, 3.63) is 69.7 Å². The Morgan fingerprint density at radius 2 is 2.07 bits per heavy atom. The number of carbonyl (C=O) groups is 1. The van der Waals surface area contributed by atoms with Crippen molar-refractivity contribution in [1.82, 2.24) is 9.88 Å². The zero-order valence-corrected chi connectivity index (χ0v) is 16.5. The van der Waals surface area contributed by atoms with Gasteiger partial charge in [0.2, 0.25) is 6.79 Å². The zero-order valence-electron chi connectivity index (χ0n) is 15.7. The van der Waals surface area contributed by atoms with E-state index in [-0.39, 0.29) is 12.7 Å². The summed E-state index contributed by atoms with van der Waals surface area (Å²) in [5.74, 6) is 2.02. The van der Waals surface area contributed by atoms with Crippen LogP contribution in [0.2, 0.25) is 0 Å². The van der Waals surface area contributed by atoms with Gasteiger partial charge < -0.3 is 19.1 Å². The molecule has 0 bridgehead atoms. The molecule has 6 nitrogen and oxygen atoms in total. The van der Waals surface area contributed by atoms with Crippen LogP contribution in [-0.4, -0.2) is 29.6 Å². The van der Waals surface area contributed by atoms with Gasteiger partial charge in [-0.1, -0.05) is 12.1 Å². The van der Waals surface area contributed by atoms with E-state index in [1.807, 2.05) is 42.6 Å². The molecule has 1 aromatic heterocycles. The average molecular weight is 396 g/mol. The van der Waals surface area contributed by atoms with Crippen molar-refractivity contribution in [3.63, 3.8) is 0 Å². The first-order valence-corrected chi connectivity index (χ1v) is 9.74. The molecule has 28 heavy (non-hydrogen) atoms. The van der Waals surface area contributed by atoms with Gasteiger partial charge in [0.1, 0.15) is 12.4 Å². The van der Waals surface area contributed by atoms with Crippen molar-refractivity contribution in [2.45, 2.75) is 20.1 Å². The molecular weight excluding hydrogens is 376 g/mol. The molecule has 0 N–H and O–H groups in total. The zero-order chi connectivity index (χ0) is 19.5. The minimum atomic E-state index is -0.0763. The van der Waals surface area contributed by atoms with E-state index >= 15 is 0 Å². The van der Waals surface area contributed by atoms with Crippen molar-refractivity contribution in [2.75, 3.05) is 13.8 Å². The summed E-state index contributed by atoms with van der Waals surface area (Å²) in [6.07, 6.45) is 0. The number of thiazole rings is 1. The average Bonchev–Trinajstić information content (AvgIpc) is 3.34. The summed E-state index contributed by atoms with van der Waals surface area (Å²) in [5.41, 5.74) is 2.45. The van der Waals surface area contributed by atoms with Gasteiger partial charge in [-0.2, -0.15) is 0 Å². The lowest BCUT2D eigenvalue weighted by Gasteiger charge is -2.18. The Bertz CT molecular complexity index is 1000. The topological polar surface area (TPSA) is 60.9 Å². The Hall–Kier alpha value is -3.06. The number of carbonyl (C=O) groups excluding carboxylic acids is 1. The van der Waals surface area contributed by atoms with Crippen molar-refractivity contribution < 1.29 is 19.0 Å². The molecule has 0 aliphatic carbocycles. The maximum absolute atomic E-state index is 12.8. The fourth-order valence-electron chi connectivity index (χ4n) is 2.96. The van der Waals surface area contributed by atoms with Crippen molar-refractivity contribution in [3.8, 4) is 17.2 Å². The van der Waals surface area contributed by atoms with Crippen LogP contribution in [0.5, 0.6) is 17.2 Å². The van der Waals surface area contributed by atoms with Gasteiger partial charge in [-0.25, -0.2) is 4.98 Å². The van der Waals surface area contributed by atoms with Crippen LogP contribution in [0, 0.1) is 6.92 Å². The second kappa shape index (κ2) is 7.90. The highest BCUT2D eigenvalue weighted by Gasteiger charge is 2.17. The van der Waals surface area contributed by atoms with Gasteiger partial charge in [0, 0.05) is 24.5 Å². The van der Waals surface area contributed by atoms with E-state index in [1.54, 1.807) is 35.4 Å². The molecule has 1 aliphatic heterocycles. The third kappa shape index (κ3) is 4.09. The minimum Gasteiger partial charge on any atom is -0.487 e. The molecule has 0 saturated carbocycles. The fraction of sp³-hybridized carbons (Fsp3) is 0.238. The Morgan fingerprint density at radius 3 is 2.89 bits per heavy atom. The number of hydrogen-bond donors (Lipinski definition) is 0. The van der Waals surface area contributed by atoms with Gasteiger partial charge in [0.15, 0.2) is 11.5 Å². The summed E-state index contributed by atoms with van der Waals surface area (Å²) >= 11 is 1.59. The maximum atomic E-state index is 12.8. The highest BCUT2D eigenvalue weighted by Crippen LogP contribution is 2.32. The molecule has 2 heterocycles. The summed E-state index contributed by atoms with van der Waals surface area (Å²) in [6, 6.07) is 12.9. The highest BCUT2D eigenvalue weighted by atomic mass is 32.1. The minimum absolute atomic E-state index is 0.0763. The van der Waals surface area contributed by atoms with E-state index in [9.17, 15) is 4.79 Å². The summed E-state index contributed by atoms with van der Waals surface area (Å²) in [5, 5.41) is 2.98. The monoisotopic (exact) mass is 396 g/mol. The van der Waals surface area contributed by atoms with E-state index in [1.165, 1.54) is 0 Å². The number of amides is 1. The van der Waals surface area contributed by atoms with E-state index in [0.29, 0.717) is 30.2 Å². The molecule has 7 heteroatoms. The number of hydrogen-bond acceptors (Lipinski definition) is 6. The van der Waals surface area contributed by atoms with Gasteiger partial charge in [-0.3, -0.25) is 4.79 Å². The molecule has 0 fully saturated rings. The summed E-state index contributed by atoms with van der Waals surface area (Å²) < 4.78 is 16.5. The van der Waals surface area contributed by atoms with Crippen molar-refractivity contribution in [1.29, 1.82) is 0 Å². The predicted molar refractivity (Wildman–Crippen MR) is 106 cm³/mol. The van der Waals surface area contributed by atoms with Crippen LogP contribution in [0.4, 0.5) is 0 Å². The molecule has 1 aliphatic rings. The molecule has 0 saturated heterocycles. The van der Waals surface area contributed by atoms with E-state index in [4.69, 9.17) is 14.2 Å². The lowest BCUT2D eigenvalue weighted by atomic mass is 10.1. The molecule has 4 rings (SSSR count). The van der Waals surface area contributed by atoms with Gasteiger partial charge in [0.05, 0.1) is 10.7 Å². The van der Waals surface area contributed by atoms with Crippen LogP contribution in [0.1, 0.15) is 26.6 Å². The van der Waals surface area contributed by atoms with Crippen LogP contribution >= 0.6 is 11.3 Å². The molecule has 0 radical (unpaired) electrons. The first-order chi connectivity index (χ1) is 13.6. The van der Waals surface area contributed by atoms with Crippen molar-refractivity contribution >= 4 is 17.2 Å². The smallest absolute Gasteiger partial charge is 0.254 e. The number of fused-ring (bicyclic) bond motifs is 1. The lowest BCUT2D eigenvalue weighted by molar-refractivity contribution is 0.0784. The number of rotatable bonds is 6. The quantitative estimate of drug-likeness (QED) is 0.630. The molecule has 0 spiro atoms. The summed E-state index contributed by atoms with van der Waals surface area (Å²) in [4.78, 5) is 18.9. The maximum Gasteiger partial charge on any atom is 0.254 e. The lowest BCUT2D eigenvalue weighted by Crippen LogP contribution is -2.26. The standard InChI is InChI=1S/C21H20N2O4S/c1-14-22-17(12-28-14)11-25-18-5-3-4-16(9-18)21(24)23(2)10-15-6-7-19-20(8-15)27-13-26-19/h3-9,12H,10-11,13H2,1-2H3. The van der Waals surface area contributed by atoms with Crippen LogP contribution in [0.25, 0.3) is 0 Å².